The largest absolute Gasteiger partial charge is 0.0649 e. The third-order valence-electron chi connectivity index (χ3n) is 4.62. The first-order valence-electron chi connectivity index (χ1n) is 7.18. The summed E-state index contributed by atoms with van der Waals surface area (Å²) in [5.74, 6) is 0. The second-order valence-corrected chi connectivity index (χ2v) is 8.05. The summed E-state index contributed by atoms with van der Waals surface area (Å²) in [5, 5.41) is 0. The maximum absolute atomic E-state index is 2.52. The van der Waals surface area contributed by atoms with Crippen LogP contribution in [-0.4, -0.2) is 0 Å². The fourth-order valence-corrected chi connectivity index (χ4v) is 4.01. The lowest BCUT2D eigenvalue weighted by Crippen LogP contribution is -2.29. The summed E-state index contributed by atoms with van der Waals surface area (Å²) < 4.78 is 0. The molecule has 1 rings (SSSR count). The molecule has 96 valence electrons. The Bertz CT molecular complexity index is 202. The minimum absolute atomic E-state index is 0.547. The first kappa shape index (κ1) is 14.1. The molecule has 0 aromatic rings. The topological polar surface area (TPSA) is 0 Å². The highest BCUT2D eigenvalue weighted by Crippen LogP contribution is 2.49. The highest BCUT2D eigenvalue weighted by atomic mass is 14.4. The van der Waals surface area contributed by atoms with Gasteiger partial charge in [0, 0.05) is 0 Å². The molecular formula is C16H32. The standard InChI is InChI=1S/C16H32/c1-7-16(6)12-14(2,3)10-8-9-11-15(4,5)13-16/h7-13H2,1-6H3. The van der Waals surface area contributed by atoms with Crippen LogP contribution in [0.5, 0.6) is 0 Å². The van der Waals surface area contributed by atoms with Crippen LogP contribution in [-0.2, 0) is 0 Å². The SMILES string of the molecule is CCC1(C)CC(C)(C)CCCCC(C)(C)C1. The Balaban J connectivity index is 2.86. The van der Waals surface area contributed by atoms with Gasteiger partial charge in [0.25, 0.3) is 0 Å². The zero-order valence-electron chi connectivity index (χ0n) is 12.4. The summed E-state index contributed by atoms with van der Waals surface area (Å²) in [6, 6.07) is 0. The van der Waals surface area contributed by atoms with Gasteiger partial charge in [-0.3, -0.25) is 0 Å². The molecule has 1 fully saturated rings. The fourth-order valence-electron chi connectivity index (χ4n) is 4.01. The third-order valence-corrected chi connectivity index (χ3v) is 4.62. The molecule has 16 heavy (non-hydrogen) atoms. The maximum atomic E-state index is 2.52. The monoisotopic (exact) mass is 224 g/mol. The van der Waals surface area contributed by atoms with Gasteiger partial charge < -0.3 is 0 Å². The van der Waals surface area contributed by atoms with Crippen LogP contribution >= 0.6 is 0 Å². The highest BCUT2D eigenvalue weighted by molar-refractivity contribution is 4.88. The van der Waals surface area contributed by atoms with Crippen molar-refractivity contribution >= 4 is 0 Å². The fraction of sp³-hybridized carbons (Fsp3) is 1.00. The predicted octanol–water partition coefficient (Wildman–Crippen LogP) is 5.81. The van der Waals surface area contributed by atoms with Crippen LogP contribution in [0.3, 0.4) is 0 Å². The van der Waals surface area contributed by atoms with Gasteiger partial charge in [0.05, 0.1) is 0 Å². The first-order chi connectivity index (χ1) is 7.18. The molecule has 0 atom stereocenters. The zero-order chi connectivity index (χ0) is 12.4. The minimum Gasteiger partial charge on any atom is -0.0649 e. The van der Waals surface area contributed by atoms with Crippen molar-refractivity contribution in [3.8, 4) is 0 Å². The van der Waals surface area contributed by atoms with Crippen LogP contribution in [0, 0.1) is 16.2 Å². The van der Waals surface area contributed by atoms with Crippen molar-refractivity contribution in [2.45, 2.75) is 86.5 Å². The van der Waals surface area contributed by atoms with Crippen LogP contribution in [0.1, 0.15) is 86.5 Å². The van der Waals surface area contributed by atoms with Crippen molar-refractivity contribution in [1.29, 1.82) is 0 Å². The molecule has 0 aliphatic heterocycles. The van der Waals surface area contributed by atoms with E-state index in [9.17, 15) is 0 Å². The number of hydrogen-bond acceptors (Lipinski definition) is 0. The molecule has 0 N–H and O–H groups in total. The van der Waals surface area contributed by atoms with Crippen molar-refractivity contribution in [2.24, 2.45) is 16.2 Å². The van der Waals surface area contributed by atoms with Crippen molar-refractivity contribution in [3.63, 3.8) is 0 Å². The second-order valence-electron chi connectivity index (χ2n) is 8.05. The van der Waals surface area contributed by atoms with Gasteiger partial charge in [-0.1, -0.05) is 60.8 Å². The van der Waals surface area contributed by atoms with E-state index >= 15 is 0 Å². The van der Waals surface area contributed by atoms with Gasteiger partial charge >= 0.3 is 0 Å². The molecule has 0 amide bonds. The van der Waals surface area contributed by atoms with E-state index in [0.29, 0.717) is 16.2 Å². The van der Waals surface area contributed by atoms with E-state index in [1.165, 1.54) is 44.9 Å². The summed E-state index contributed by atoms with van der Waals surface area (Å²) in [7, 11) is 0. The Hall–Kier alpha value is 0. The van der Waals surface area contributed by atoms with Crippen LogP contribution in [0.25, 0.3) is 0 Å². The van der Waals surface area contributed by atoms with Gasteiger partial charge in [-0.15, -0.1) is 0 Å². The molecule has 0 spiro atoms. The molecule has 0 radical (unpaired) electrons. The molecular weight excluding hydrogens is 192 g/mol. The van der Waals surface area contributed by atoms with Gasteiger partial charge in [-0.2, -0.15) is 0 Å². The number of hydrogen-bond donors (Lipinski definition) is 0. The highest BCUT2D eigenvalue weighted by Gasteiger charge is 2.36. The molecule has 0 aromatic heterocycles. The van der Waals surface area contributed by atoms with E-state index in [2.05, 4.69) is 41.5 Å². The Kier molecular flexibility index (Phi) is 4.13. The predicted molar refractivity (Wildman–Crippen MR) is 73.7 cm³/mol. The molecule has 1 aliphatic rings. The molecule has 0 unspecified atom stereocenters. The lowest BCUT2D eigenvalue weighted by atomic mass is 9.65. The van der Waals surface area contributed by atoms with E-state index in [1.807, 2.05) is 0 Å². The van der Waals surface area contributed by atoms with E-state index in [4.69, 9.17) is 0 Å². The van der Waals surface area contributed by atoms with Crippen LogP contribution in [0.2, 0.25) is 0 Å². The molecule has 1 aliphatic carbocycles. The van der Waals surface area contributed by atoms with Gasteiger partial charge in [0.2, 0.25) is 0 Å². The third kappa shape index (κ3) is 4.11. The maximum Gasteiger partial charge on any atom is -0.0318 e. The van der Waals surface area contributed by atoms with Crippen molar-refractivity contribution in [3.05, 3.63) is 0 Å². The summed E-state index contributed by atoms with van der Waals surface area (Å²) in [5.41, 5.74) is 1.65. The van der Waals surface area contributed by atoms with Crippen LogP contribution < -0.4 is 0 Å². The summed E-state index contributed by atoms with van der Waals surface area (Å²) >= 11 is 0. The van der Waals surface area contributed by atoms with Crippen molar-refractivity contribution < 1.29 is 0 Å². The molecule has 0 saturated heterocycles. The Morgan fingerprint density at radius 2 is 1.12 bits per heavy atom. The van der Waals surface area contributed by atoms with E-state index in [-0.39, 0.29) is 0 Å². The Morgan fingerprint density at radius 3 is 1.44 bits per heavy atom. The Labute approximate surface area is 103 Å². The smallest absolute Gasteiger partial charge is 0.0318 e. The molecule has 0 bridgehead atoms. The normalized spacial score (nSPS) is 28.9. The van der Waals surface area contributed by atoms with Gasteiger partial charge in [0.15, 0.2) is 0 Å². The minimum atomic E-state index is 0.547. The van der Waals surface area contributed by atoms with Crippen molar-refractivity contribution in [1.82, 2.24) is 0 Å². The van der Waals surface area contributed by atoms with Crippen LogP contribution in [0.15, 0.2) is 0 Å². The zero-order valence-corrected chi connectivity index (χ0v) is 12.4. The molecule has 1 saturated carbocycles. The van der Waals surface area contributed by atoms with Gasteiger partial charge in [0.1, 0.15) is 0 Å². The average Bonchev–Trinajstić information content (AvgIpc) is 2.13. The summed E-state index contributed by atoms with van der Waals surface area (Å²) in [6.07, 6.45) is 9.82. The second kappa shape index (κ2) is 4.70. The summed E-state index contributed by atoms with van der Waals surface area (Å²) in [6.45, 7) is 14.8. The van der Waals surface area contributed by atoms with Gasteiger partial charge in [-0.05, 0) is 41.9 Å². The lowest BCUT2D eigenvalue weighted by Gasteiger charge is -2.41. The Morgan fingerprint density at radius 1 is 0.750 bits per heavy atom. The average molecular weight is 224 g/mol. The van der Waals surface area contributed by atoms with E-state index in [0.717, 1.165) is 0 Å². The summed E-state index contributed by atoms with van der Waals surface area (Å²) in [4.78, 5) is 0. The van der Waals surface area contributed by atoms with Crippen LogP contribution in [0.4, 0.5) is 0 Å². The molecule has 0 heterocycles. The van der Waals surface area contributed by atoms with Crippen molar-refractivity contribution in [2.75, 3.05) is 0 Å². The molecule has 0 nitrogen and oxygen atoms in total. The first-order valence-corrected chi connectivity index (χ1v) is 7.18. The number of rotatable bonds is 1. The van der Waals surface area contributed by atoms with E-state index in [1.54, 1.807) is 0 Å². The van der Waals surface area contributed by atoms with E-state index < -0.39 is 0 Å². The molecule has 0 aromatic carbocycles. The quantitative estimate of drug-likeness (QED) is 0.527. The molecule has 0 heteroatoms. The lowest BCUT2D eigenvalue weighted by molar-refractivity contribution is 0.105. The van der Waals surface area contributed by atoms with Gasteiger partial charge in [-0.25, -0.2) is 0 Å².